The molecule has 3 aliphatic rings. The van der Waals surface area contributed by atoms with Crippen LogP contribution in [0.4, 0.5) is 4.79 Å². The van der Waals surface area contributed by atoms with E-state index < -0.39 is 0 Å². The van der Waals surface area contributed by atoms with Gasteiger partial charge in [-0.25, -0.2) is 0 Å². The fourth-order valence-corrected chi connectivity index (χ4v) is 2.88. The number of nitrogens with zero attached hydrogens (tertiary/aromatic N) is 2. The Morgan fingerprint density at radius 2 is 1.94 bits per heavy atom. The fourth-order valence-electron chi connectivity index (χ4n) is 2.10. The van der Waals surface area contributed by atoms with E-state index in [1.54, 1.807) is 4.90 Å². The molecule has 0 aromatic carbocycles. The summed E-state index contributed by atoms with van der Waals surface area (Å²) in [5.74, 6) is 0.563. The normalized spacial score (nSPS) is 26.2. The number of imide groups is 1. The van der Waals surface area contributed by atoms with Crippen molar-refractivity contribution in [1.29, 1.82) is 0 Å². The predicted octanol–water partition coefficient (Wildman–Crippen LogP) is 0.303. The summed E-state index contributed by atoms with van der Waals surface area (Å²) in [4.78, 5) is 37.5. The SMILES string of the molecule is O=C(C1CC1)N1CC(N2C(=O)CSC2=O)C1. The molecule has 0 aromatic heterocycles. The highest BCUT2D eigenvalue weighted by Crippen LogP contribution is 2.34. The quantitative estimate of drug-likeness (QED) is 0.696. The molecule has 6 heteroatoms. The highest BCUT2D eigenvalue weighted by molar-refractivity contribution is 8.14. The molecule has 1 aliphatic carbocycles. The molecule has 3 fully saturated rings. The Labute approximate surface area is 97.1 Å². The first kappa shape index (κ1) is 10.1. The van der Waals surface area contributed by atoms with E-state index in [1.165, 1.54) is 4.90 Å². The van der Waals surface area contributed by atoms with Crippen LogP contribution in [0.1, 0.15) is 12.8 Å². The lowest BCUT2D eigenvalue weighted by Gasteiger charge is -2.42. The van der Waals surface area contributed by atoms with Gasteiger partial charge in [0.1, 0.15) is 0 Å². The molecule has 1 saturated carbocycles. The molecular formula is C10H12N2O3S. The van der Waals surface area contributed by atoms with Crippen molar-refractivity contribution < 1.29 is 14.4 Å². The number of rotatable bonds is 2. The number of amides is 3. The molecule has 2 saturated heterocycles. The summed E-state index contributed by atoms with van der Waals surface area (Å²) in [7, 11) is 0. The number of likely N-dealkylation sites (tertiary alicyclic amines) is 1. The average molecular weight is 240 g/mol. The smallest absolute Gasteiger partial charge is 0.289 e. The van der Waals surface area contributed by atoms with Gasteiger partial charge in [-0.2, -0.15) is 0 Å². The van der Waals surface area contributed by atoms with Crippen molar-refractivity contribution in [2.24, 2.45) is 5.92 Å². The highest BCUT2D eigenvalue weighted by atomic mass is 32.2. The molecule has 5 nitrogen and oxygen atoms in total. The van der Waals surface area contributed by atoms with Gasteiger partial charge in [-0.1, -0.05) is 11.8 Å². The van der Waals surface area contributed by atoms with E-state index >= 15 is 0 Å². The first-order valence-electron chi connectivity index (χ1n) is 5.44. The van der Waals surface area contributed by atoms with Crippen molar-refractivity contribution >= 4 is 28.8 Å². The molecule has 16 heavy (non-hydrogen) atoms. The van der Waals surface area contributed by atoms with Gasteiger partial charge in [0.2, 0.25) is 11.8 Å². The molecule has 3 rings (SSSR count). The van der Waals surface area contributed by atoms with Crippen molar-refractivity contribution in [1.82, 2.24) is 9.80 Å². The van der Waals surface area contributed by atoms with E-state index in [0.29, 0.717) is 13.1 Å². The maximum absolute atomic E-state index is 11.6. The standard InChI is InChI=1S/C10H12N2O3S/c13-8-5-16-10(15)12(8)7-3-11(4-7)9(14)6-1-2-6/h6-7H,1-5H2. The van der Waals surface area contributed by atoms with E-state index in [1.807, 2.05) is 0 Å². The number of carbonyl (C=O) groups is 3. The molecule has 0 radical (unpaired) electrons. The first-order chi connectivity index (χ1) is 7.66. The van der Waals surface area contributed by atoms with Crippen LogP contribution in [0.25, 0.3) is 0 Å². The van der Waals surface area contributed by atoms with Crippen molar-refractivity contribution in [3.05, 3.63) is 0 Å². The minimum atomic E-state index is -0.159. The Kier molecular flexibility index (Phi) is 2.20. The second-order valence-electron chi connectivity index (χ2n) is 4.49. The summed E-state index contributed by atoms with van der Waals surface area (Å²) < 4.78 is 0. The Morgan fingerprint density at radius 3 is 2.44 bits per heavy atom. The Balaban J connectivity index is 1.58. The third-order valence-electron chi connectivity index (χ3n) is 3.25. The minimum Gasteiger partial charge on any atom is -0.338 e. The van der Waals surface area contributed by atoms with Gasteiger partial charge in [-0.15, -0.1) is 0 Å². The number of hydrogen-bond donors (Lipinski definition) is 0. The van der Waals surface area contributed by atoms with E-state index in [0.717, 1.165) is 24.6 Å². The van der Waals surface area contributed by atoms with Crippen molar-refractivity contribution in [2.45, 2.75) is 18.9 Å². The van der Waals surface area contributed by atoms with Gasteiger partial charge in [0.05, 0.1) is 11.8 Å². The summed E-state index contributed by atoms with van der Waals surface area (Å²) in [6.07, 6.45) is 1.99. The van der Waals surface area contributed by atoms with Gasteiger partial charge in [0.25, 0.3) is 5.24 Å². The van der Waals surface area contributed by atoms with Crippen molar-refractivity contribution in [2.75, 3.05) is 18.8 Å². The molecule has 0 bridgehead atoms. The van der Waals surface area contributed by atoms with E-state index in [2.05, 4.69) is 0 Å². The zero-order valence-electron chi connectivity index (χ0n) is 8.72. The maximum Gasteiger partial charge on any atom is 0.289 e. The van der Waals surface area contributed by atoms with Crippen LogP contribution >= 0.6 is 11.8 Å². The zero-order chi connectivity index (χ0) is 11.3. The van der Waals surface area contributed by atoms with Crippen LogP contribution in [-0.2, 0) is 9.59 Å². The largest absolute Gasteiger partial charge is 0.338 e. The summed E-state index contributed by atoms with van der Waals surface area (Å²) in [5, 5.41) is -0.159. The maximum atomic E-state index is 11.6. The Hall–Kier alpha value is -1.04. The average Bonchev–Trinajstić information content (AvgIpc) is 2.97. The molecule has 0 unspecified atom stereocenters. The van der Waals surface area contributed by atoms with Gasteiger partial charge >= 0.3 is 0 Å². The fraction of sp³-hybridized carbons (Fsp3) is 0.700. The molecule has 0 spiro atoms. The molecule has 2 aliphatic heterocycles. The predicted molar refractivity (Wildman–Crippen MR) is 57.8 cm³/mol. The topological polar surface area (TPSA) is 57.7 Å². The molecule has 3 amide bonds. The van der Waals surface area contributed by atoms with Gasteiger partial charge < -0.3 is 4.90 Å². The van der Waals surface area contributed by atoms with Crippen LogP contribution < -0.4 is 0 Å². The number of thioether (sulfide) groups is 1. The molecule has 0 N–H and O–H groups in total. The lowest BCUT2D eigenvalue weighted by Crippen LogP contribution is -2.62. The van der Waals surface area contributed by atoms with Crippen molar-refractivity contribution in [3.8, 4) is 0 Å². The third kappa shape index (κ3) is 1.52. The molecule has 0 aromatic rings. The van der Waals surface area contributed by atoms with Crippen LogP contribution in [0.15, 0.2) is 0 Å². The summed E-state index contributed by atoms with van der Waals surface area (Å²) in [6.45, 7) is 1.07. The van der Waals surface area contributed by atoms with Gasteiger partial charge in [0, 0.05) is 19.0 Å². The Bertz CT molecular complexity index is 358. The summed E-state index contributed by atoms with van der Waals surface area (Å²) >= 11 is 1.05. The van der Waals surface area contributed by atoms with Crippen LogP contribution in [0.5, 0.6) is 0 Å². The van der Waals surface area contributed by atoms with Crippen molar-refractivity contribution in [3.63, 3.8) is 0 Å². The van der Waals surface area contributed by atoms with Gasteiger partial charge in [-0.3, -0.25) is 19.3 Å². The minimum absolute atomic E-state index is 0.0716. The summed E-state index contributed by atoms with van der Waals surface area (Å²) in [5.41, 5.74) is 0. The first-order valence-corrected chi connectivity index (χ1v) is 6.43. The lowest BCUT2D eigenvalue weighted by atomic mass is 10.1. The zero-order valence-corrected chi connectivity index (χ0v) is 9.53. The number of hydrogen-bond acceptors (Lipinski definition) is 4. The molecule has 2 heterocycles. The van der Waals surface area contributed by atoms with Gasteiger partial charge in [-0.05, 0) is 12.8 Å². The monoisotopic (exact) mass is 240 g/mol. The van der Waals surface area contributed by atoms with Crippen LogP contribution in [0.3, 0.4) is 0 Å². The van der Waals surface area contributed by atoms with Gasteiger partial charge in [0.15, 0.2) is 0 Å². The second-order valence-corrected chi connectivity index (χ2v) is 5.42. The molecule has 86 valence electrons. The highest BCUT2D eigenvalue weighted by Gasteiger charge is 2.45. The second kappa shape index (κ2) is 3.48. The molecule has 0 atom stereocenters. The van der Waals surface area contributed by atoms with Crippen LogP contribution in [0.2, 0.25) is 0 Å². The summed E-state index contributed by atoms with van der Waals surface area (Å²) in [6, 6.07) is -0.0716. The van der Waals surface area contributed by atoms with Crippen LogP contribution in [0, 0.1) is 5.92 Å². The Morgan fingerprint density at radius 1 is 1.25 bits per heavy atom. The molecular weight excluding hydrogens is 228 g/mol. The third-order valence-corrected chi connectivity index (χ3v) is 4.09. The van der Waals surface area contributed by atoms with E-state index in [-0.39, 0.29) is 34.8 Å². The lowest BCUT2D eigenvalue weighted by molar-refractivity contribution is -0.143. The van der Waals surface area contributed by atoms with E-state index in [9.17, 15) is 14.4 Å². The van der Waals surface area contributed by atoms with Crippen LogP contribution in [-0.4, -0.2) is 51.7 Å². The number of carbonyl (C=O) groups excluding carboxylic acids is 3. The van der Waals surface area contributed by atoms with E-state index in [4.69, 9.17) is 0 Å².